The van der Waals surface area contributed by atoms with E-state index in [1.165, 1.54) is 0 Å². The highest BCUT2D eigenvalue weighted by molar-refractivity contribution is 6.34. The number of quaternary nitrogens is 1. The quantitative estimate of drug-likeness (QED) is 0.577. The van der Waals surface area contributed by atoms with Crippen molar-refractivity contribution in [3.05, 3.63) is 118 Å². The average Bonchev–Trinajstić information content (AvgIpc) is 3.00. The van der Waals surface area contributed by atoms with Crippen LogP contribution in [0.15, 0.2) is 106 Å². The number of nitrogens with zero attached hydrogens (tertiary/aromatic N) is 3. The van der Waals surface area contributed by atoms with Gasteiger partial charge in [0, 0.05) is 5.57 Å². The summed E-state index contributed by atoms with van der Waals surface area (Å²) in [5, 5.41) is 11.6. The minimum absolute atomic E-state index is 0.0990. The van der Waals surface area contributed by atoms with Crippen LogP contribution in [-0.2, 0) is 5.60 Å². The average molecular weight is 416 g/mol. The van der Waals surface area contributed by atoms with E-state index in [4.69, 9.17) is 22.4 Å². The lowest BCUT2D eigenvalue weighted by Crippen LogP contribution is -2.53. The second-order valence-electron chi connectivity index (χ2n) is 7.64. The van der Waals surface area contributed by atoms with Crippen molar-refractivity contribution >= 4 is 23.7 Å². The summed E-state index contributed by atoms with van der Waals surface area (Å²) in [5.41, 5.74) is 3.61. The zero-order valence-corrected chi connectivity index (χ0v) is 17.1. The van der Waals surface area contributed by atoms with Crippen LogP contribution in [-0.4, -0.2) is 21.7 Å². The number of aliphatic imine (C=N–C) groups is 2. The second-order valence-corrected chi connectivity index (χ2v) is 8.04. The van der Waals surface area contributed by atoms with Crippen LogP contribution in [0.25, 0.3) is 0 Å². The number of amidine groups is 1. The second kappa shape index (κ2) is 6.72. The first-order valence-electron chi connectivity index (χ1n) is 9.60. The number of hydrogen-bond acceptors (Lipinski definition) is 4. The van der Waals surface area contributed by atoms with Gasteiger partial charge in [-0.05, 0) is 30.2 Å². The van der Waals surface area contributed by atoms with E-state index in [0.717, 1.165) is 22.5 Å². The van der Waals surface area contributed by atoms with Gasteiger partial charge in [-0.25, -0.2) is 0 Å². The Bertz CT molecular complexity index is 1240. The zero-order valence-electron chi connectivity index (χ0n) is 16.3. The zero-order chi connectivity index (χ0) is 20.9. The van der Waals surface area contributed by atoms with Gasteiger partial charge < -0.3 is 5.11 Å². The molecule has 0 saturated carbocycles. The van der Waals surface area contributed by atoms with Gasteiger partial charge in [0.15, 0.2) is 0 Å². The number of halogens is 1. The highest BCUT2D eigenvalue weighted by Gasteiger charge is 2.45. The molecular formula is C24H20ClN4O+. The molecule has 0 bridgehead atoms. The summed E-state index contributed by atoms with van der Waals surface area (Å²) in [7, 11) is 0. The van der Waals surface area contributed by atoms with E-state index in [2.05, 4.69) is 4.99 Å². The van der Waals surface area contributed by atoms with Crippen molar-refractivity contribution in [3.8, 4) is 0 Å². The van der Waals surface area contributed by atoms with Gasteiger partial charge in [0.1, 0.15) is 17.5 Å². The fourth-order valence-electron chi connectivity index (χ4n) is 3.85. The smallest absolute Gasteiger partial charge is 0.266 e. The monoisotopic (exact) mass is 415 g/mol. The third kappa shape index (κ3) is 2.75. The molecule has 0 aromatic heterocycles. The van der Waals surface area contributed by atoms with E-state index in [9.17, 15) is 5.11 Å². The van der Waals surface area contributed by atoms with Crippen molar-refractivity contribution in [2.45, 2.75) is 12.5 Å². The predicted octanol–water partition coefficient (Wildman–Crippen LogP) is 4.31. The fourth-order valence-corrected chi connectivity index (χ4v) is 4.12. The predicted molar refractivity (Wildman–Crippen MR) is 119 cm³/mol. The van der Waals surface area contributed by atoms with Crippen molar-refractivity contribution in [2.75, 3.05) is 0 Å². The molecule has 5 rings (SSSR count). The fraction of sp³-hybridized carbons (Fsp3) is 0.0833. The summed E-state index contributed by atoms with van der Waals surface area (Å²) >= 11 is 6.71. The van der Waals surface area contributed by atoms with Crippen molar-refractivity contribution in [3.63, 3.8) is 0 Å². The molecule has 2 unspecified atom stereocenters. The van der Waals surface area contributed by atoms with Gasteiger partial charge in [0.2, 0.25) is 5.70 Å². The summed E-state index contributed by atoms with van der Waals surface area (Å²) in [6.07, 6.45) is 11.1. The van der Waals surface area contributed by atoms with Crippen LogP contribution < -0.4 is 5.84 Å². The topological polar surface area (TPSA) is 71.0 Å². The maximum atomic E-state index is 11.2. The Balaban J connectivity index is 1.57. The Kier molecular flexibility index (Phi) is 4.24. The van der Waals surface area contributed by atoms with E-state index in [1.807, 2.05) is 60.7 Å². The van der Waals surface area contributed by atoms with Gasteiger partial charge in [-0.2, -0.15) is 10.8 Å². The maximum absolute atomic E-state index is 11.2. The summed E-state index contributed by atoms with van der Waals surface area (Å²) in [4.78, 5) is 9.08. The lowest BCUT2D eigenvalue weighted by Gasteiger charge is -2.28. The number of benzene rings is 2. The first-order valence-corrected chi connectivity index (χ1v) is 9.98. The third-order valence-electron chi connectivity index (χ3n) is 5.73. The molecule has 30 heavy (non-hydrogen) atoms. The molecule has 0 radical (unpaired) electrons. The van der Waals surface area contributed by atoms with Crippen molar-refractivity contribution < 1.29 is 9.70 Å². The standard InChI is InChI=1S/C24H20ClN4O/c1-24(30,17-8-3-2-4-9-17)18-10-11-19(20(25)14-18)23-28-22(16-6-5-7-16)21-15-27-12-13-29(21,23)26/h2-15,30H,26H2,1H3/q+1. The van der Waals surface area contributed by atoms with E-state index < -0.39 is 5.60 Å². The molecule has 0 amide bonds. The number of rotatable bonds is 4. The van der Waals surface area contributed by atoms with Gasteiger partial charge in [-0.1, -0.05) is 66.2 Å². The van der Waals surface area contributed by atoms with Crippen LogP contribution in [0.2, 0.25) is 5.02 Å². The van der Waals surface area contributed by atoms with Crippen LogP contribution in [0.4, 0.5) is 0 Å². The maximum Gasteiger partial charge on any atom is 0.266 e. The lowest BCUT2D eigenvalue weighted by atomic mass is 9.88. The van der Waals surface area contributed by atoms with Crippen LogP contribution in [0.3, 0.4) is 0 Å². The molecule has 1 aliphatic carbocycles. The number of aliphatic hydroxyl groups is 1. The number of fused-ring (bicyclic) bond motifs is 1. The molecule has 0 spiro atoms. The van der Waals surface area contributed by atoms with Gasteiger partial charge in [-0.15, -0.1) is 4.59 Å². The summed E-state index contributed by atoms with van der Waals surface area (Å²) < 4.78 is -0.0990. The summed E-state index contributed by atoms with van der Waals surface area (Å²) in [6, 6.07) is 15.0. The summed E-state index contributed by atoms with van der Waals surface area (Å²) in [5.74, 6) is 7.35. The van der Waals surface area contributed by atoms with Gasteiger partial charge in [0.05, 0.1) is 23.0 Å². The molecular weight excluding hydrogens is 396 g/mol. The Morgan fingerprint density at radius 1 is 1.10 bits per heavy atom. The van der Waals surface area contributed by atoms with Gasteiger partial charge >= 0.3 is 0 Å². The van der Waals surface area contributed by atoms with Crippen LogP contribution in [0, 0.1) is 0 Å². The Morgan fingerprint density at radius 2 is 1.87 bits per heavy atom. The van der Waals surface area contributed by atoms with Crippen LogP contribution in [0.1, 0.15) is 23.6 Å². The van der Waals surface area contributed by atoms with E-state index in [1.54, 1.807) is 31.6 Å². The molecule has 3 aliphatic rings. The molecule has 148 valence electrons. The van der Waals surface area contributed by atoms with Crippen molar-refractivity contribution in [1.82, 2.24) is 0 Å². The van der Waals surface area contributed by atoms with E-state index in [0.29, 0.717) is 22.0 Å². The van der Waals surface area contributed by atoms with Crippen molar-refractivity contribution in [1.29, 1.82) is 0 Å². The SMILES string of the molecule is CC(O)(c1ccccc1)c1ccc(C2=NC(C3=CC=C3)=C3C=NC=C[N+]23N)c(Cl)c1. The highest BCUT2D eigenvalue weighted by atomic mass is 35.5. The van der Waals surface area contributed by atoms with Crippen molar-refractivity contribution in [2.24, 2.45) is 15.8 Å². The Labute approximate surface area is 179 Å². The van der Waals surface area contributed by atoms with Crippen LogP contribution in [0.5, 0.6) is 0 Å². The molecule has 6 heteroatoms. The summed E-state index contributed by atoms with van der Waals surface area (Å²) in [6.45, 7) is 1.76. The number of nitrogens with two attached hydrogens (primary N) is 1. The molecule has 2 heterocycles. The molecule has 0 fully saturated rings. The van der Waals surface area contributed by atoms with E-state index in [-0.39, 0.29) is 4.59 Å². The minimum atomic E-state index is -1.18. The van der Waals surface area contributed by atoms with E-state index >= 15 is 0 Å². The molecule has 5 nitrogen and oxygen atoms in total. The van der Waals surface area contributed by atoms with Gasteiger partial charge in [0.25, 0.3) is 5.84 Å². The molecule has 2 atom stereocenters. The minimum Gasteiger partial charge on any atom is -0.381 e. The Hall–Kier alpha value is -3.09. The Morgan fingerprint density at radius 3 is 2.53 bits per heavy atom. The third-order valence-corrected chi connectivity index (χ3v) is 6.04. The number of allylic oxidation sites excluding steroid dienone is 4. The van der Waals surface area contributed by atoms with Crippen LogP contribution >= 0.6 is 11.6 Å². The molecule has 0 saturated heterocycles. The highest BCUT2D eigenvalue weighted by Crippen LogP contribution is 2.39. The first kappa shape index (κ1) is 18.9. The number of hydrogen-bond donors (Lipinski definition) is 2. The largest absolute Gasteiger partial charge is 0.381 e. The normalized spacial score (nSPS) is 23.6. The molecule has 2 aromatic rings. The molecule has 2 aliphatic heterocycles. The lowest BCUT2D eigenvalue weighted by molar-refractivity contribution is -0.750. The molecule has 3 N–H and O–H groups in total. The first-order chi connectivity index (χ1) is 14.4. The molecule has 2 aromatic carbocycles. The van der Waals surface area contributed by atoms with Gasteiger partial charge in [-0.3, -0.25) is 4.99 Å².